The van der Waals surface area contributed by atoms with Crippen LogP contribution in [0.25, 0.3) is 5.65 Å². The van der Waals surface area contributed by atoms with Crippen LogP contribution in [0.2, 0.25) is 0 Å². The molecule has 1 aliphatic heterocycles. The van der Waals surface area contributed by atoms with Gasteiger partial charge in [-0.1, -0.05) is 18.2 Å². The van der Waals surface area contributed by atoms with Gasteiger partial charge in [-0.25, -0.2) is 8.42 Å². The van der Waals surface area contributed by atoms with E-state index in [-0.39, 0.29) is 17.4 Å². The number of aromatic nitrogens is 3. The van der Waals surface area contributed by atoms with Gasteiger partial charge in [-0.3, -0.25) is 14.5 Å². The monoisotopic (exact) mass is 387 g/mol. The maximum Gasteiger partial charge on any atom is 0.289 e. The first-order valence-electron chi connectivity index (χ1n) is 8.52. The van der Waals surface area contributed by atoms with E-state index < -0.39 is 20.6 Å². The Balaban J connectivity index is 1.68. The average Bonchev–Trinajstić information content (AvgIpc) is 3.12. The van der Waals surface area contributed by atoms with Gasteiger partial charge >= 0.3 is 0 Å². The van der Waals surface area contributed by atoms with Crippen molar-refractivity contribution in [2.75, 3.05) is 13.1 Å². The third kappa shape index (κ3) is 3.06. The molecule has 1 saturated heterocycles. The molecule has 0 saturated carbocycles. The molecule has 0 unspecified atom stereocenters. The van der Waals surface area contributed by atoms with Gasteiger partial charge in [-0.05, 0) is 31.0 Å². The number of sulfonamides is 1. The molecule has 1 fully saturated rings. The Labute approximate surface area is 155 Å². The van der Waals surface area contributed by atoms with Crippen LogP contribution in [0, 0.1) is 10.1 Å². The van der Waals surface area contributed by atoms with Gasteiger partial charge in [-0.15, -0.1) is 10.2 Å². The average molecular weight is 387 g/mol. The second kappa shape index (κ2) is 6.71. The number of para-hydroxylation sites is 1. The molecule has 27 heavy (non-hydrogen) atoms. The number of hydrogen-bond donors (Lipinski definition) is 0. The van der Waals surface area contributed by atoms with Gasteiger partial charge in [-0.2, -0.15) is 4.31 Å². The maximum atomic E-state index is 13.1. The second-order valence-electron chi connectivity index (χ2n) is 6.41. The van der Waals surface area contributed by atoms with E-state index in [0.29, 0.717) is 24.4 Å². The molecule has 1 aliphatic rings. The summed E-state index contributed by atoms with van der Waals surface area (Å²) in [6, 6.07) is 11.0. The zero-order valence-electron chi connectivity index (χ0n) is 14.3. The number of rotatable bonds is 4. The molecule has 3 aromatic rings. The lowest BCUT2D eigenvalue weighted by atomic mass is 9.99. The summed E-state index contributed by atoms with van der Waals surface area (Å²) < 4.78 is 29.3. The minimum absolute atomic E-state index is 0.131. The SMILES string of the molecule is O=[N+]([O-])c1ccccc1S(=O)(=O)N1CCC[C@H](c2nnc3ccccn23)C1. The van der Waals surface area contributed by atoms with Gasteiger partial charge in [0.2, 0.25) is 10.0 Å². The molecule has 1 atom stereocenters. The fourth-order valence-electron chi connectivity index (χ4n) is 3.47. The third-order valence-electron chi connectivity index (χ3n) is 4.77. The zero-order valence-corrected chi connectivity index (χ0v) is 15.1. The van der Waals surface area contributed by atoms with Gasteiger partial charge in [0.05, 0.1) is 4.92 Å². The minimum atomic E-state index is -3.98. The molecule has 140 valence electrons. The van der Waals surface area contributed by atoms with E-state index in [9.17, 15) is 18.5 Å². The van der Waals surface area contributed by atoms with Crippen molar-refractivity contribution in [2.24, 2.45) is 0 Å². The summed E-state index contributed by atoms with van der Waals surface area (Å²) in [5.74, 6) is 0.571. The fraction of sp³-hybridized carbons (Fsp3) is 0.294. The van der Waals surface area contributed by atoms with E-state index in [1.165, 1.54) is 28.6 Å². The Bertz CT molecular complexity index is 1110. The van der Waals surface area contributed by atoms with Crippen LogP contribution in [0.4, 0.5) is 5.69 Å². The highest BCUT2D eigenvalue weighted by molar-refractivity contribution is 7.89. The van der Waals surface area contributed by atoms with Crippen LogP contribution in [-0.2, 0) is 10.0 Å². The van der Waals surface area contributed by atoms with Gasteiger partial charge in [0.25, 0.3) is 5.69 Å². The highest BCUT2D eigenvalue weighted by atomic mass is 32.2. The quantitative estimate of drug-likeness (QED) is 0.501. The first-order chi connectivity index (χ1) is 13.0. The van der Waals surface area contributed by atoms with Crippen LogP contribution < -0.4 is 0 Å². The number of nitro groups is 1. The number of piperidine rings is 1. The normalized spacial score (nSPS) is 18.6. The largest absolute Gasteiger partial charge is 0.289 e. The molecule has 4 rings (SSSR count). The molecule has 0 N–H and O–H groups in total. The van der Waals surface area contributed by atoms with E-state index in [1.807, 2.05) is 28.8 Å². The smallest absolute Gasteiger partial charge is 0.286 e. The maximum absolute atomic E-state index is 13.1. The van der Waals surface area contributed by atoms with Crippen LogP contribution in [0.5, 0.6) is 0 Å². The molecule has 0 amide bonds. The van der Waals surface area contributed by atoms with Crippen molar-refractivity contribution in [1.29, 1.82) is 0 Å². The lowest BCUT2D eigenvalue weighted by Crippen LogP contribution is -2.39. The standard InChI is InChI=1S/C17H17N5O4S/c23-22(24)14-7-1-2-8-15(14)27(25,26)20-10-5-6-13(12-20)17-19-18-16-9-3-4-11-21(16)17/h1-4,7-9,11,13H,5-6,10,12H2/t13-/m0/s1. The molecule has 2 aromatic heterocycles. The van der Waals surface area contributed by atoms with E-state index in [4.69, 9.17) is 0 Å². The predicted molar refractivity (Wildman–Crippen MR) is 96.8 cm³/mol. The van der Waals surface area contributed by atoms with Crippen LogP contribution in [0.15, 0.2) is 53.6 Å². The van der Waals surface area contributed by atoms with Gasteiger partial charge in [0, 0.05) is 31.3 Å². The Kier molecular flexibility index (Phi) is 4.36. The zero-order chi connectivity index (χ0) is 19.0. The van der Waals surface area contributed by atoms with Crippen molar-refractivity contribution in [3.63, 3.8) is 0 Å². The summed E-state index contributed by atoms with van der Waals surface area (Å²) >= 11 is 0. The van der Waals surface area contributed by atoms with Crippen LogP contribution >= 0.6 is 0 Å². The topological polar surface area (TPSA) is 111 Å². The molecular weight excluding hydrogens is 370 g/mol. The summed E-state index contributed by atoms with van der Waals surface area (Å²) in [6.45, 7) is 0.533. The highest BCUT2D eigenvalue weighted by Gasteiger charge is 2.36. The Morgan fingerprint density at radius 3 is 2.70 bits per heavy atom. The molecule has 9 nitrogen and oxygen atoms in total. The van der Waals surface area contributed by atoms with Gasteiger partial charge in [0.1, 0.15) is 5.82 Å². The van der Waals surface area contributed by atoms with E-state index >= 15 is 0 Å². The molecule has 0 spiro atoms. The fourth-order valence-corrected chi connectivity index (χ4v) is 5.16. The van der Waals surface area contributed by atoms with Crippen molar-refractivity contribution < 1.29 is 13.3 Å². The summed E-state index contributed by atoms with van der Waals surface area (Å²) in [7, 11) is -3.98. The molecule has 0 aliphatic carbocycles. The van der Waals surface area contributed by atoms with Crippen molar-refractivity contribution in [3.8, 4) is 0 Å². The predicted octanol–water partition coefficient (Wildman–Crippen LogP) is 2.21. The first kappa shape index (κ1) is 17.6. The van der Waals surface area contributed by atoms with E-state index in [1.54, 1.807) is 0 Å². The van der Waals surface area contributed by atoms with Crippen molar-refractivity contribution in [2.45, 2.75) is 23.7 Å². The summed E-state index contributed by atoms with van der Waals surface area (Å²) in [5.41, 5.74) is 0.290. The highest BCUT2D eigenvalue weighted by Crippen LogP contribution is 2.32. The van der Waals surface area contributed by atoms with Crippen molar-refractivity contribution in [1.82, 2.24) is 18.9 Å². The minimum Gasteiger partial charge on any atom is -0.286 e. The Morgan fingerprint density at radius 1 is 1.11 bits per heavy atom. The van der Waals surface area contributed by atoms with Crippen LogP contribution in [0.1, 0.15) is 24.6 Å². The molecular formula is C17H17N5O4S. The third-order valence-corrected chi connectivity index (χ3v) is 6.68. The molecule has 10 heteroatoms. The second-order valence-corrected chi connectivity index (χ2v) is 8.32. The number of nitrogens with zero attached hydrogens (tertiary/aromatic N) is 5. The Hall–Kier alpha value is -2.85. The number of fused-ring (bicyclic) bond motifs is 1. The summed E-state index contributed by atoms with van der Waals surface area (Å²) in [4.78, 5) is 10.3. The van der Waals surface area contributed by atoms with E-state index in [2.05, 4.69) is 10.2 Å². The summed E-state index contributed by atoms with van der Waals surface area (Å²) in [5, 5.41) is 19.6. The van der Waals surface area contributed by atoms with Crippen molar-refractivity contribution >= 4 is 21.4 Å². The van der Waals surface area contributed by atoms with Crippen molar-refractivity contribution in [3.05, 3.63) is 64.6 Å². The molecule has 0 radical (unpaired) electrons. The molecule has 3 heterocycles. The first-order valence-corrected chi connectivity index (χ1v) is 9.96. The number of benzene rings is 1. The molecule has 0 bridgehead atoms. The van der Waals surface area contributed by atoms with Gasteiger partial charge < -0.3 is 0 Å². The van der Waals surface area contributed by atoms with Crippen LogP contribution in [0.3, 0.4) is 0 Å². The van der Waals surface area contributed by atoms with E-state index in [0.717, 1.165) is 6.42 Å². The molecule has 1 aromatic carbocycles. The summed E-state index contributed by atoms with van der Waals surface area (Å²) in [6.07, 6.45) is 3.27. The lowest BCUT2D eigenvalue weighted by molar-refractivity contribution is -0.387. The number of pyridine rings is 1. The Morgan fingerprint density at radius 2 is 1.89 bits per heavy atom. The lowest BCUT2D eigenvalue weighted by Gasteiger charge is -2.30. The van der Waals surface area contributed by atoms with Gasteiger partial charge in [0.15, 0.2) is 10.5 Å². The number of hydrogen-bond acceptors (Lipinski definition) is 6. The van der Waals surface area contributed by atoms with Crippen LogP contribution in [-0.4, -0.2) is 45.3 Å². The number of nitro benzene ring substituents is 1.